The number of ether oxygens (including phenoxy) is 1. The van der Waals surface area contributed by atoms with E-state index in [0.29, 0.717) is 6.61 Å². The van der Waals surface area contributed by atoms with Crippen LogP contribution in [0.3, 0.4) is 0 Å². The number of phenols is 1. The summed E-state index contributed by atoms with van der Waals surface area (Å²) in [5, 5.41) is 14.9. The number of aromatic hydroxyl groups is 1. The van der Waals surface area contributed by atoms with E-state index in [2.05, 4.69) is 35.2 Å². The summed E-state index contributed by atoms with van der Waals surface area (Å²) < 4.78 is 7.11. The minimum absolute atomic E-state index is 0.258. The molecule has 0 bridgehead atoms. The summed E-state index contributed by atoms with van der Waals surface area (Å²) in [6.45, 7) is 7.90. The van der Waals surface area contributed by atoms with E-state index >= 15 is 0 Å². The van der Waals surface area contributed by atoms with E-state index in [0.717, 1.165) is 57.5 Å². The second-order valence-electron chi connectivity index (χ2n) is 6.71. The third-order valence-corrected chi connectivity index (χ3v) is 5.99. The highest BCUT2D eigenvalue weighted by atomic mass is 32.1. The van der Waals surface area contributed by atoms with Crippen LogP contribution >= 0.6 is 11.3 Å². The number of aromatic nitrogens is 1. The maximum absolute atomic E-state index is 10.7. The lowest BCUT2D eigenvalue weighted by atomic mass is 9.97. The predicted molar refractivity (Wildman–Crippen MR) is 118 cm³/mol. The highest BCUT2D eigenvalue weighted by Crippen LogP contribution is 2.41. The molecule has 0 fully saturated rings. The van der Waals surface area contributed by atoms with Crippen molar-refractivity contribution in [2.45, 2.75) is 13.8 Å². The number of hydrogen-bond donors (Lipinski definition) is 1. The van der Waals surface area contributed by atoms with Crippen molar-refractivity contribution in [2.75, 3.05) is 26.2 Å². The standard InChI is InChI=1S/C23H24N2O2S/c1-3-25(4-2)11-12-27-17-7-5-6-16(14-17)22-20(26)9-8-19-23(22)18-10-13-28-21(18)15-24-19/h5-10,13-15,26H,3-4,11-12H2,1-2H3. The molecule has 0 saturated heterocycles. The van der Waals surface area contributed by atoms with Gasteiger partial charge < -0.3 is 14.7 Å². The fourth-order valence-electron chi connectivity index (χ4n) is 3.58. The molecule has 5 heteroatoms. The van der Waals surface area contributed by atoms with Gasteiger partial charge in [0.15, 0.2) is 0 Å². The molecule has 0 unspecified atom stereocenters. The van der Waals surface area contributed by atoms with Crippen LogP contribution in [0.5, 0.6) is 11.5 Å². The summed E-state index contributed by atoms with van der Waals surface area (Å²) >= 11 is 1.66. The van der Waals surface area contributed by atoms with Crippen molar-refractivity contribution in [2.24, 2.45) is 0 Å². The molecule has 0 aliphatic rings. The van der Waals surface area contributed by atoms with Gasteiger partial charge >= 0.3 is 0 Å². The molecule has 2 aromatic carbocycles. The third-order valence-electron chi connectivity index (χ3n) is 5.14. The van der Waals surface area contributed by atoms with Gasteiger partial charge in [-0.05, 0) is 54.4 Å². The largest absolute Gasteiger partial charge is 0.507 e. The number of nitrogens with zero attached hydrogens (tertiary/aromatic N) is 2. The zero-order valence-corrected chi connectivity index (χ0v) is 17.0. The van der Waals surface area contributed by atoms with Crippen LogP contribution in [-0.2, 0) is 0 Å². The molecule has 0 atom stereocenters. The molecular weight excluding hydrogens is 368 g/mol. The van der Waals surface area contributed by atoms with Gasteiger partial charge in [-0.25, -0.2) is 0 Å². The maximum atomic E-state index is 10.7. The third kappa shape index (κ3) is 3.55. The van der Waals surface area contributed by atoms with Crippen LogP contribution < -0.4 is 4.74 Å². The fourth-order valence-corrected chi connectivity index (χ4v) is 4.34. The first-order valence-corrected chi connectivity index (χ1v) is 10.5. The molecule has 144 valence electrons. The molecule has 4 aromatic rings. The molecule has 1 N–H and O–H groups in total. The Kier molecular flexibility index (Phi) is 5.46. The molecule has 0 spiro atoms. The van der Waals surface area contributed by atoms with Crippen LogP contribution in [0.15, 0.2) is 54.0 Å². The molecule has 0 aliphatic carbocycles. The van der Waals surface area contributed by atoms with E-state index in [1.807, 2.05) is 36.5 Å². The molecule has 4 rings (SSSR count). The van der Waals surface area contributed by atoms with Crippen molar-refractivity contribution < 1.29 is 9.84 Å². The molecular formula is C23H24N2O2S. The monoisotopic (exact) mass is 392 g/mol. The SMILES string of the molecule is CCN(CC)CCOc1cccc(-c2c(O)ccc3ncc4sccc4c23)c1. The van der Waals surface area contributed by atoms with Gasteiger partial charge in [0, 0.05) is 29.1 Å². The second kappa shape index (κ2) is 8.17. The molecule has 0 aliphatic heterocycles. The van der Waals surface area contributed by atoms with Crippen molar-refractivity contribution in [3.05, 3.63) is 54.0 Å². The van der Waals surface area contributed by atoms with Crippen LogP contribution in [0.1, 0.15) is 13.8 Å². The minimum Gasteiger partial charge on any atom is -0.507 e. The normalized spacial score (nSPS) is 11.5. The first kappa shape index (κ1) is 18.7. The van der Waals surface area contributed by atoms with E-state index in [9.17, 15) is 5.11 Å². The van der Waals surface area contributed by atoms with Crippen LogP contribution in [-0.4, -0.2) is 41.2 Å². The van der Waals surface area contributed by atoms with Gasteiger partial charge in [-0.1, -0.05) is 26.0 Å². The smallest absolute Gasteiger partial charge is 0.124 e. The Bertz CT molecular complexity index is 1100. The topological polar surface area (TPSA) is 45.6 Å². The van der Waals surface area contributed by atoms with Gasteiger partial charge in [-0.15, -0.1) is 11.3 Å². The lowest BCUT2D eigenvalue weighted by Crippen LogP contribution is -2.27. The van der Waals surface area contributed by atoms with Gasteiger partial charge in [-0.2, -0.15) is 0 Å². The quantitative estimate of drug-likeness (QED) is 0.448. The van der Waals surface area contributed by atoms with Crippen LogP contribution in [0.25, 0.3) is 32.1 Å². The molecule has 0 saturated carbocycles. The number of benzene rings is 2. The fraction of sp³-hybridized carbons (Fsp3) is 0.261. The van der Waals surface area contributed by atoms with E-state index in [4.69, 9.17) is 4.74 Å². The van der Waals surface area contributed by atoms with Crippen molar-refractivity contribution in [3.8, 4) is 22.6 Å². The summed E-state index contributed by atoms with van der Waals surface area (Å²) in [5.74, 6) is 1.07. The van der Waals surface area contributed by atoms with E-state index in [-0.39, 0.29) is 5.75 Å². The summed E-state index contributed by atoms with van der Waals surface area (Å²) in [6, 6.07) is 13.6. The number of phenolic OH excluding ortho intramolecular Hbond substituents is 1. The highest BCUT2D eigenvalue weighted by Gasteiger charge is 2.14. The van der Waals surface area contributed by atoms with Gasteiger partial charge in [-0.3, -0.25) is 4.98 Å². The Morgan fingerprint density at radius 3 is 2.79 bits per heavy atom. The van der Waals surface area contributed by atoms with Gasteiger partial charge in [0.1, 0.15) is 18.1 Å². The Labute approximate surface area is 169 Å². The number of rotatable bonds is 7. The van der Waals surface area contributed by atoms with Crippen molar-refractivity contribution in [1.29, 1.82) is 0 Å². The van der Waals surface area contributed by atoms with Crippen LogP contribution in [0, 0.1) is 0 Å². The van der Waals surface area contributed by atoms with Crippen LogP contribution in [0.4, 0.5) is 0 Å². The Balaban J connectivity index is 1.72. The number of fused-ring (bicyclic) bond motifs is 3. The second-order valence-corrected chi connectivity index (χ2v) is 7.66. The average Bonchev–Trinajstić information content (AvgIpc) is 3.20. The minimum atomic E-state index is 0.258. The number of thiophene rings is 1. The van der Waals surface area contributed by atoms with E-state index in [1.54, 1.807) is 17.4 Å². The molecule has 0 radical (unpaired) electrons. The molecule has 2 heterocycles. The average molecular weight is 393 g/mol. The first-order valence-electron chi connectivity index (χ1n) is 9.64. The van der Waals surface area contributed by atoms with Gasteiger partial charge in [0.05, 0.1) is 10.2 Å². The van der Waals surface area contributed by atoms with E-state index in [1.165, 1.54) is 0 Å². The van der Waals surface area contributed by atoms with Gasteiger partial charge in [0.25, 0.3) is 0 Å². The maximum Gasteiger partial charge on any atom is 0.124 e. The lowest BCUT2D eigenvalue weighted by molar-refractivity contribution is 0.223. The van der Waals surface area contributed by atoms with Crippen molar-refractivity contribution in [1.82, 2.24) is 9.88 Å². The highest BCUT2D eigenvalue weighted by molar-refractivity contribution is 7.17. The van der Waals surface area contributed by atoms with Crippen molar-refractivity contribution >= 4 is 32.3 Å². The zero-order valence-electron chi connectivity index (χ0n) is 16.2. The zero-order chi connectivity index (χ0) is 19.5. The molecule has 28 heavy (non-hydrogen) atoms. The van der Waals surface area contributed by atoms with Crippen molar-refractivity contribution in [3.63, 3.8) is 0 Å². The van der Waals surface area contributed by atoms with Crippen LogP contribution in [0.2, 0.25) is 0 Å². The summed E-state index contributed by atoms with van der Waals surface area (Å²) in [7, 11) is 0. The number of likely N-dealkylation sites (N-methyl/N-ethyl adjacent to an activating group) is 1. The Morgan fingerprint density at radius 2 is 1.96 bits per heavy atom. The molecule has 4 nitrogen and oxygen atoms in total. The summed E-state index contributed by atoms with van der Waals surface area (Å²) in [5.41, 5.74) is 2.62. The first-order chi connectivity index (χ1) is 13.7. The molecule has 2 aromatic heterocycles. The summed E-state index contributed by atoms with van der Waals surface area (Å²) in [4.78, 5) is 6.91. The van der Waals surface area contributed by atoms with Gasteiger partial charge in [0.2, 0.25) is 0 Å². The predicted octanol–water partition coefficient (Wildman–Crippen LogP) is 5.54. The molecule has 0 amide bonds. The number of hydrogen-bond acceptors (Lipinski definition) is 5. The number of pyridine rings is 1. The summed E-state index contributed by atoms with van der Waals surface area (Å²) in [6.07, 6.45) is 1.90. The Morgan fingerprint density at radius 1 is 1.11 bits per heavy atom. The van der Waals surface area contributed by atoms with E-state index < -0.39 is 0 Å². The Hall–Kier alpha value is -2.63. The lowest BCUT2D eigenvalue weighted by Gasteiger charge is -2.18.